The third-order valence-electron chi connectivity index (χ3n) is 2.47. The summed E-state index contributed by atoms with van der Waals surface area (Å²) in [6.45, 7) is 8.98. The monoisotopic (exact) mass is 212 g/mol. The Bertz CT molecular complexity index is 248. The van der Waals surface area contributed by atoms with Crippen LogP contribution in [-0.4, -0.2) is 49.0 Å². The normalized spacial score (nSPS) is 16.6. The Labute approximate surface area is 90.9 Å². The molecule has 0 saturated carbocycles. The molecule has 0 saturated heterocycles. The summed E-state index contributed by atoms with van der Waals surface area (Å²) in [5.74, 6) is 0.861. The van der Waals surface area contributed by atoms with Gasteiger partial charge in [-0.2, -0.15) is 0 Å². The fourth-order valence-electron chi connectivity index (χ4n) is 1.57. The average molecular weight is 212 g/mol. The van der Waals surface area contributed by atoms with E-state index in [1.165, 1.54) is 0 Å². The first-order valence-corrected chi connectivity index (χ1v) is 5.52. The van der Waals surface area contributed by atoms with Gasteiger partial charge in [-0.1, -0.05) is 0 Å². The van der Waals surface area contributed by atoms with Crippen molar-refractivity contribution in [1.29, 1.82) is 0 Å². The zero-order chi connectivity index (χ0) is 11.3. The molecule has 0 aliphatic carbocycles. The van der Waals surface area contributed by atoms with Crippen LogP contribution in [0.15, 0.2) is 4.99 Å². The van der Waals surface area contributed by atoms with Gasteiger partial charge in [0.25, 0.3) is 0 Å². The second-order valence-electron chi connectivity index (χ2n) is 3.53. The number of carbonyl (C=O) groups excluding carboxylic acids is 1. The zero-order valence-corrected chi connectivity index (χ0v) is 9.71. The lowest BCUT2D eigenvalue weighted by Gasteiger charge is -2.23. The second kappa shape index (κ2) is 5.58. The Morgan fingerprint density at radius 2 is 2.27 bits per heavy atom. The minimum absolute atomic E-state index is 0.122. The van der Waals surface area contributed by atoms with E-state index >= 15 is 0 Å². The molecule has 1 rings (SSSR count). The molecular weight excluding hydrogens is 192 g/mol. The van der Waals surface area contributed by atoms with Crippen LogP contribution in [0, 0.1) is 0 Å². The van der Waals surface area contributed by atoms with Crippen molar-refractivity contribution < 1.29 is 4.79 Å². The van der Waals surface area contributed by atoms with Gasteiger partial charge >= 0.3 is 0 Å². The van der Waals surface area contributed by atoms with Crippen LogP contribution >= 0.6 is 0 Å². The smallest absolute Gasteiger partial charge is 0.244 e. The van der Waals surface area contributed by atoms with Crippen molar-refractivity contribution in [3.63, 3.8) is 0 Å². The molecule has 0 fully saturated rings. The number of nitrogens with zero attached hydrogens (tertiary/aromatic N) is 2. The van der Waals surface area contributed by atoms with Gasteiger partial charge in [-0.05, 0) is 20.8 Å². The van der Waals surface area contributed by atoms with Crippen LogP contribution in [0.4, 0.5) is 0 Å². The molecule has 1 aliphatic heterocycles. The van der Waals surface area contributed by atoms with Crippen LogP contribution in [0.2, 0.25) is 0 Å². The summed E-state index contributed by atoms with van der Waals surface area (Å²) < 4.78 is 0. The lowest BCUT2D eigenvalue weighted by Crippen LogP contribution is -2.49. The molecule has 1 aliphatic rings. The van der Waals surface area contributed by atoms with Crippen LogP contribution < -0.4 is 10.6 Å². The molecule has 0 bridgehead atoms. The molecule has 5 nitrogen and oxygen atoms in total. The standard InChI is InChI=1S/C10H20N4O/c1-4-14(5-2)9(15)8(3)13-10-11-6-7-12-10/h8H,4-7H2,1-3H3,(H2,11,12,13). The molecule has 1 unspecified atom stereocenters. The first kappa shape index (κ1) is 11.8. The first-order chi connectivity index (χ1) is 7.19. The molecule has 0 aromatic heterocycles. The van der Waals surface area contributed by atoms with Crippen molar-refractivity contribution in [2.75, 3.05) is 26.2 Å². The van der Waals surface area contributed by atoms with Gasteiger partial charge in [-0.3, -0.25) is 9.79 Å². The number of nitrogens with one attached hydrogen (secondary N) is 2. The molecule has 1 atom stereocenters. The third-order valence-corrected chi connectivity index (χ3v) is 2.47. The quantitative estimate of drug-likeness (QED) is 0.678. The Balaban J connectivity index is 2.44. The highest BCUT2D eigenvalue weighted by Crippen LogP contribution is 1.95. The molecule has 5 heteroatoms. The van der Waals surface area contributed by atoms with Gasteiger partial charge in [-0.15, -0.1) is 0 Å². The number of rotatable bonds is 4. The maximum Gasteiger partial charge on any atom is 0.244 e. The molecule has 2 N–H and O–H groups in total. The van der Waals surface area contributed by atoms with Crippen LogP contribution in [0.25, 0.3) is 0 Å². The van der Waals surface area contributed by atoms with E-state index in [1.54, 1.807) is 0 Å². The van der Waals surface area contributed by atoms with Crippen molar-refractivity contribution in [3.05, 3.63) is 0 Å². The van der Waals surface area contributed by atoms with Gasteiger partial charge < -0.3 is 15.5 Å². The topological polar surface area (TPSA) is 56.7 Å². The third kappa shape index (κ3) is 3.11. The molecule has 0 aromatic rings. The summed E-state index contributed by atoms with van der Waals surface area (Å²) in [5.41, 5.74) is 0. The highest BCUT2D eigenvalue weighted by molar-refractivity contribution is 5.89. The Kier molecular flexibility index (Phi) is 4.39. The molecule has 1 amide bonds. The lowest BCUT2D eigenvalue weighted by molar-refractivity contribution is -0.132. The molecule has 0 spiro atoms. The summed E-state index contributed by atoms with van der Waals surface area (Å²) in [6.07, 6.45) is 0. The fourth-order valence-corrected chi connectivity index (χ4v) is 1.57. The minimum Gasteiger partial charge on any atom is -0.355 e. The number of aliphatic imine (C=N–C) groups is 1. The molecule has 86 valence electrons. The summed E-state index contributed by atoms with van der Waals surface area (Å²) in [4.78, 5) is 17.9. The second-order valence-corrected chi connectivity index (χ2v) is 3.53. The predicted octanol–water partition coefficient (Wildman–Crippen LogP) is -0.208. The number of guanidine groups is 1. The summed E-state index contributed by atoms with van der Waals surface area (Å²) in [5, 5.41) is 6.16. The van der Waals surface area contributed by atoms with Crippen molar-refractivity contribution in [2.45, 2.75) is 26.8 Å². The predicted molar refractivity (Wildman–Crippen MR) is 60.8 cm³/mol. The van der Waals surface area contributed by atoms with Gasteiger partial charge in [0.2, 0.25) is 5.91 Å². The Hall–Kier alpha value is -1.26. The van der Waals surface area contributed by atoms with E-state index in [9.17, 15) is 4.79 Å². The maximum absolute atomic E-state index is 11.9. The van der Waals surface area contributed by atoms with Crippen LogP contribution in [-0.2, 0) is 4.79 Å². The zero-order valence-electron chi connectivity index (χ0n) is 9.71. The maximum atomic E-state index is 11.9. The highest BCUT2D eigenvalue weighted by Gasteiger charge is 2.19. The van der Waals surface area contributed by atoms with Gasteiger partial charge in [0.05, 0.1) is 6.54 Å². The van der Waals surface area contributed by atoms with Crippen molar-refractivity contribution in [1.82, 2.24) is 15.5 Å². The van der Waals surface area contributed by atoms with Gasteiger partial charge in [0.15, 0.2) is 5.96 Å². The average Bonchev–Trinajstić information content (AvgIpc) is 2.72. The summed E-state index contributed by atoms with van der Waals surface area (Å²) in [7, 11) is 0. The van der Waals surface area contributed by atoms with Crippen LogP contribution in [0.3, 0.4) is 0 Å². The van der Waals surface area contributed by atoms with E-state index in [1.807, 2.05) is 25.7 Å². The van der Waals surface area contributed by atoms with E-state index in [4.69, 9.17) is 0 Å². The lowest BCUT2D eigenvalue weighted by atomic mass is 10.3. The molecular formula is C10H20N4O. The van der Waals surface area contributed by atoms with Gasteiger partial charge in [0.1, 0.15) is 6.04 Å². The van der Waals surface area contributed by atoms with Gasteiger partial charge in [-0.25, -0.2) is 0 Å². The van der Waals surface area contributed by atoms with Gasteiger partial charge in [0, 0.05) is 19.6 Å². The van der Waals surface area contributed by atoms with E-state index in [0.717, 1.165) is 32.1 Å². The number of likely N-dealkylation sites (N-methyl/N-ethyl adjacent to an activating group) is 1. The Morgan fingerprint density at radius 3 is 2.73 bits per heavy atom. The fraction of sp³-hybridized carbons (Fsp3) is 0.800. The molecule has 15 heavy (non-hydrogen) atoms. The van der Waals surface area contributed by atoms with E-state index in [0.29, 0.717) is 0 Å². The largest absolute Gasteiger partial charge is 0.355 e. The highest BCUT2D eigenvalue weighted by atomic mass is 16.2. The number of amides is 1. The molecule has 0 radical (unpaired) electrons. The minimum atomic E-state index is -0.214. The van der Waals surface area contributed by atoms with Crippen LogP contribution in [0.5, 0.6) is 0 Å². The summed E-state index contributed by atoms with van der Waals surface area (Å²) >= 11 is 0. The van der Waals surface area contributed by atoms with Crippen molar-refractivity contribution in [2.24, 2.45) is 4.99 Å². The summed E-state index contributed by atoms with van der Waals surface area (Å²) in [6, 6.07) is -0.214. The van der Waals surface area contributed by atoms with Crippen molar-refractivity contribution >= 4 is 11.9 Å². The molecule has 1 heterocycles. The van der Waals surface area contributed by atoms with Crippen molar-refractivity contribution in [3.8, 4) is 0 Å². The number of hydrogen-bond donors (Lipinski definition) is 2. The SMILES string of the molecule is CCN(CC)C(=O)C(C)NC1=NCCN1. The Morgan fingerprint density at radius 1 is 1.60 bits per heavy atom. The van der Waals surface area contributed by atoms with Crippen LogP contribution in [0.1, 0.15) is 20.8 Å². The number of hydrogen-bond acceptors (Lipinski definition) is 4. The molecule has 0 aromatic carbocycles. The van der Waals surface area contributed by atoms with E-state index in [2.05, 4.69) is 15.6 Å². The first-order valence-electron chi connectivity index (χ1n) is 5.52. The van der Waals surface area contributed by atoms with E-state index in [-0.39, 0.29) is 11.9 Å². The number of carbonyl (C=O) groups is 1. The van der Waals surface area contributed by atoms with E-state index < -0.39 is 0 Å².